The predicted molar refractivity (Wildman–Crippen MR) is 178 cm³/mol. The third kappa shape index (κ3) is 6.66. The van der Waals surface area contributed by atoms with Gasteiger partial charge in [0.2, 0.25) is 17.7 Å². The Balaban J connectivity index is 1.29. The number of carbonyl (C=O) groups is 1. The molecule has 1 aliphatic carbocycles. The third-order valence-corrected chi connectivity index (χ3v) is 8.53. The molecule has 2 aromatic carbocycles. The molecule has 1 aliphatic rings. The van der Waals surface area contributed by atoms with Crippen LogP contribution < -0.4 is 10.6 Å². The molecule has 0 saturated heterocycles. The van der Waals surface area contributed by atoms with Gasteiger partial charge in [-0.1, -0.05) is 62.2 Å². The maximum absolute atomic E-state index is 12.1. The van der Waals surface area contributed by atoms with E-state index in [-0.39, 0.29) is 11.7 Å². The van der Waals surface area contributed by atoms with Gasteiger partial charge in [-0.2, -0.15) is 19.6 Å². The first-order valence-electron chi connectivity index (χ1n) is 15.6. The van der Waals surface area contributed by atoms with Crippen molar-refractivity contribution in [2.45, 2.75) is 77.5 Å². The summed E-state index contributed by atoms with van der Waals surface area (Å²) >= 11 is 0. The quantitative estimate of drug-likeness (QED) is 0.137. The fraction of sp³-hybridized carbons (Fsp3) is 0.361. The van der Waals surface area contributed by atoms with E-state index < -0.39 is 0 Å². The summed E-state index contributed by atoms with van der Waals surface area (Å²) in [7, 11) is 1.79. The van der Waals surface area contributed by atoms with E-state index in [4.69, 9.17) is 19.7 Å². The van der Waals surface area contributed by atoms with Gasteiger partial charge in [-0.25, -0.2) is 0 Å². The zero-order valence-electron chi connectivity index (χ0n) is 26.3. The highest BCUT2D eigenvalue weighted by molar-refractivity contribution is 5.99. The summed E-state index contributed by atoms with van der Waals surface area (Å²) in [5, 5.41) is 13.9. The van der Waals surface area contributed by atoms with E-state index in [9.17, 15) is 4.79 Å². The number of nitrogens with one attached hydrogen (secondary N) is 2. The van der Waals surface area contributed by atoms with Crippen LogP contribution in [-0.2, 0) is 22.5 Å². The Bertz CT molecular complexity index is 1890. The second kappa shape index (κ2) is 13.4. The average molecular weight is 602 g/mol. The highest BCUT2D eigenvalue weighted by atomic mass is 16.5. The minimum absolute atomic E-state index is 0.0871. The van der Waals surface area contributed by atoms with E-state index in [1.54, 1.807) is 18.5 Å². The lowest BCUT2D eigenvalue weighted by Crippen LogP contribution is -2.30. The van der Waals surface area contributed by atoms with Gasteiger partial charge in [0.25, 0.3) is 0 Å². The number of anilines is 2. The number of hydrogen-bond acceptors (Lipinski definition) is 8. The summed E-state index contributed by atoms with van der Waals surface area (Å²) in [6.45, 7) is 6.49. The van der Waals surface area contributed by atoms with Gasteiger partial charge in [0.05, 0.1) is 18.0 Å². The summed E-state index contributed by atoms with van der Waals surface area (Å²) in [6.07, 6.45) is 8.41. The molecule has 0 unspecified atom stereocenters. The number of rotatable bonds is 10. The molecule has 0 atom stereocenters. The molecule has 0 spiro atoms. The molecule has 0 amide bonds. The minimum Gasteiger partial charge on any atom is -0.381 e. The van der Waals surface area contributed by atoms with Crippen LogP contribution in [-0.4, -0.2) is 49.6 Å². The van der Waals surface area contributed by atoms with E-state index in [0.29, 0.717) is 37.0 Å². The van der Waals surface area contributed by atoms with Crippen LogP contribution in [0.15, 0.2) is 60.9 Å². The van der Waals surface area contributed by atoms with Crippen LogP contribution in [0.5, 0.6) is 0 Å². The summed E-state index contributed by atoms with van der Waals surface area (Å²) in [5.74, 6) is 6.74. The first-order chi connectivity index (χ1) is 21.9. The van der Waals surface area contributed by atoms with Crippen LogP contribution in [0.1, 0.15) is 69.1 Å². The molecular weight excluding hydrogens is 562 g/mol. The first kappa shape index (κ1) is 30.2. The zero-order chi connectivity index (χ0) is 31.3. The van der Waals surface area contributed by atoms with Crippen LogP contribution >= 0.6 is 0 Å². The number of hydrogen-bond donors (Lipinski definition) is 2. The molecule has 2 N–H and O–H groups in total. The smallest absolute Gasteiger partial charge is 0.229 e. The van der Waals surface area contributed by atoms with Gasteiger partial charge in [0.15, 0.2) is 5.65 Å². The average Bonchev–Trinajstić information content (AvgIpc) is 3.48. The Hall–Kier alpha value is -4.81. The lowest BCUT2D eigenvalue weighted by atomic mass is 9.93. The van der Waals surface area contributed by atoms with Crippen molar-refractivity contribution in [3.63, 3.8) is 0 Å². The Morgan fingerprint density at radius 3 is 2.69 bits per heavy atom. The second-order valence-corrected chi connectivity index (χ2v) is 11.9. The van der Waals surface area contributed by atoms with E-state index in [2.05, 4.69) is 59.6 Å². The molecule has 45 heavy (non-hydrogen) atoms. The van der Waals surface area contributed by atoms with Gasteiger partial charge in [0.1, 0.15) is 0 Å². The number of pyridine rings is 1. The molecule has 3 aromatic heterocycles. The van der Waals surface area contributed by atoms with E-state index >= 15 is 0 Å². The Labute approximate surface area is 263 Å². The van der Waals surface area contributed by atoms with Crippen molar-refractivity contribution in [2.75, 3.05) is 17.7 Å². The highest BCUT2D eigenvalue weighted by Crippen LogP contribution is 2.31. The molecule has 3 heterocycles. The number of ketones is 1. The highest BCUT2D eigenvalue weighted by Gasteiger charge is 2.23. The monoisotopic (exact) mass is 601 g/mol. The normalized spacial score (nSPS) is 16.5. The summed E-state index contributed by atoms with van der Waals surface area (Å²) < 4.78 is 7.36. The number of fused-ring (bicyclic) bond motifs is 2. The van der Waals surface area contributed by atoms with Crippen molar-refractivity contribution in [1.29, 1.82) is 0 Å². The van der Waals surface area contributed by atoms with E-state index in [1.165, 1.54) is 0 Å². The summed E-state index contributed by atoms with van der Waals surface area (Å²) in [6, 6.07) is 16.6. The fourth-order valence-corrected chi connectivity index (χ4v) is 6.11. The molecular formula is C36H39N7O2. The summed E-state index contributed by atoms with van der Waals surface area (Å²) in [4.78, 5) is 26.7. The first-order valence-corrected chi connectivity index (χ1v) is 15.6. The Morgan fingerprint density at radius 1 is 1.09 bits per heavy atom. The fourth-order valence-electron chi connectivity index (χ4n) is 6.11. The topological polar surface area (TPSA) is 106 Å². The standard InChI is InChI=1S/C36H39N7O2/c1-5-8-28(44)20-24-11-16-31-25(19-24)17-18-37-33(31)30-10-7-6-9-26(30)21-38-36-42-35(40-27-12-14-29(45-4)15-13-27)41-34-32(23(2)3)22-39-43(34)36/h6-7,9-11,16-19,22-23,27,29H,12-15,20-21H2,1-4H3,(H2,38,40,41,42). The van der Waals surface area contributed by atoms with Crippen LogP contribution in [0.4, 0.5) is 11.9 Å². The Morgan fingerprint density at radius 2 is 1.91 bits per heavy atom. The van der Waals surface area contributed by atoms with Crippen LogP contribution in [0.2, 0.25) is 0 Å². The maximum Gasteiger partial charge on any atom is 0.229 e. The molecule has 1 saturated carbocycles. The molecule has 0 radical (unpaired) electrons. The van der Waals surface area contributed by atoms with Crippen molar-refractivity contribution in [2.24, 2.45) is 0 Å². The lowest BCUT2D eigenvalue weighted by molar-refractivity contribution is -0.113. The van der Waals surface area contributed by atoms with Crippen LogP contribution in [0, 0.1) is 11.8 Å². The second-order valence-electron chi connectivity index (χ2n) is 11.9. The number of Topliss-reactive ketones (excluding diaryl/α,β-unsaturated/α-hetero) is 1. The molecule has 0 aliphatic heterocycles. The van der Waals surface area contributed by atoms with Gasteiger partial charge in [-0.05, 0) is 67.0 Å². The number of benzene rings is 2. The Kier molecular flexibility index (Phi) is 9.03. The van der Waals surface area contributed by atoms with Gasteiger partial charge in [-0.3, -0.25) is 9.78 Å². The molecule has 9 heteroatoms. The van der Waals surface area contributed by atoms with Crippen LogP contribution in [0.25, 0.3) is 27.7 Å². The number of nitrogens with zero attached hydrogens (tertiary/aromatic N) is 5. The van der Waals surface area contributed by atoms with Crippen LogP contribution in [0.3, 0.4) is 0 Å². The largest absolute Gasteiger partial charge is 0.381 e. The van der Waals surface area contributed by atoms with Gasteiger partial charge < -0.3 is 15.4 Å². The van der Waals surface area contributed by atoms with Crippen molar-refractivity contribution in [1.82, 2.24) is 24.6 Å². The maximum atomic E-state index is 12.1. The number of methoxy groups -OCH3 is 1. The van der Waals surface area contributed by atoms with Crippen molar-refractivity contribution >= 4 is 34.1 Å². The molecule has 5 aromatic rings. The molecule has 1 fully saturated rings. The lowest BCUT2D eigenvalue weighted by Gasteiger charge is -2.28. The number of ether oxygens (including phenoxy) is 1. The predicted octanol–water partition coefficient (Wildman–Crippen LogP) is 6.58. The third-order valence-electron chi connectivity index (χ3n) is 8.53. The van der Waals surface area contributed by atoms with E-state index in [0.717, 1.165) is 70.1 Å². The van der Waals surface area contributed by atoms with Gasteiger partial charge in [0, 0.05) is 48.8 Å². The SMILES string of the molecule is CC#CC(=O)Cc1ccc2c(-c3ccccc3CNc3nc(NC4CCC(OC)CC4)nc4c(C(C)C)cnn34)nccc2c1. The van der Waals surface area contributed by atoms with E-state index in [1.807, 2.05) is 42.7 Å². The zero-order valence-corrected chi connectivity index (χ0v) is 26.3. The minimum atomic E-state index is -0.0871. The number of carbonyl (C=O) groups excluding carboxylic acids is 1. The van der Waals surface area contributed by atoms with Gasteiger partial charge in [-0.15, -0.1) is 0 Å². The number of aromatic nitrogens is 5. The molecule has 0 bridgehead atoms. The van der Waals surface area contributed by atoms with Crippen molar-refractivity contribution < 1.29 is 9.53 Å². The molecule has 6 rings (SSSR count). The molecule has 230 valence electrons. The van der Waals surface area contributed by atoms with Crippen molar-refractivity contribution in [3.05, 3.63) is 77.6 Å². The van der Waals surface area contributed by atoms with Gasteiger partial charge >= 0.3 is 0 Å². The van der Waals surface area contributed by atoms with Crippen molar-refractivity contribution in [3.8, 4) is 23.1 Å². The molecule has 9 nitrogen and oxygen atoms in total. The summed E-state index contributed by atoms with van der Waals surface area (Å²) in [5.41, 5.74) is 5.81.